The van der Waals surface area contributed by atoms with E-state index in [4.69, 9.17) is 9.79 Å². The first-order valence-electron chi connectivity index (χ1n) is 6.35. The van der Waals surface area contributed by atoms with E-state index in [1.165, 1.54) is 24.6 Å². The molecule has 0 aromatic heterocycles. The topological polar surface area (TPSA) is 66.8 Å². The van der Waals surface area contributed by atoms with Gasteiger partial charge in [0.1, 0.15) is 0 Å². The van der Waals surface area contributed by atoms with Crippen molar-refractivity contribution in [1.82, 2.24) is 0 Å². The first-order chi connectivity index (χ1) is 7.80. The van der Waals surface area contributed by atoms with E-state index < -0.39 is 15.1 Å². The third-order valence-electron chi connectivity index (χ3n) is 3.15. The Kier molecular flexibility index (Phi) is 12.2. The van der Waals surface area contributed by atoms with Crippen LogP contribution in [0.25, 0.3) is 0 Å². The molecule has 0 aliphatic rings. The van der Waals surface area contributed by atoms with Crippen LogP contribution in [0.4, 0.5) is 0 Å². The van der Waals surface area contributed by atoms with Gasteiger partial charge in [-0.05, 0) is 34.1 Å². The molecule has 0 aliphatic carbocycles. The van der Waals surface area contributed by atoms with Crippen LogP contribution in [0.2, 0.25) is 0 Å². The zero-order valence-electron chi connectivity index (χ0n) is 11.8. The van der Waals surface area contributed by atoms with Gasteiger partial charge in [0.25, 0.3) is 0 Å². The van der Waals surface area contributed by atoms with E-state index in [2.05, 4.69) is 32.2 Å². The van der Waals surface area contributed by atoms with Crippen LogP contribution in [0.5, 0.6) is 0 Å². The van der Waals surface area contributed by atoms with Crippen molar-refractivity contribution in [3.63, 3.8) is 0 Å². The Morgan fingerprint density at radius 2 is 1.29 bits per heavy atom. The van der Waals surface area contributed by atoms with Crippen molar-refractivity contribution in [2.45, 2.75) is 41.0 Å². The summed E-state index contributed by atoms with van der Waals surface area (Å²) in [6.07, 6.45) is 6.44. The van der Waals surface area contributed by atoms with Gasteiger partial charge in [-0.25, -0.2) is 4.57 Å². The third kappa shape index (κ3) is 11.4. The molecule has 0 saturated heterocycles. The molecule has 106 valence electrons. The highest BCUT2D eigenvalue weighted by Crippen LogP contribution is 2.57. The quantitative estimate of drug-likeness (QED) is 0.702. The van der Waals surface area contributed by atoms with Crippen LogP contribution in [0.3, 0.4) is 0 Å². The van der Waals surface area contributed by atoms with Gasteiger partial charge in [0.2, 0.25) is 0 Å². The van der Waals surface area contributed by atoms with Crippen molar-refractivity contribution in [2.75, 3.05) is 31.3 Å². The largest absolute Gasteiger partial charge is 0.469 e. The zero-order chi connectivity index (χ0) is 13.9. The molecular weight excluding hydrogens is 258 g/mol. The standard InChI is InChI=1S/C8H20P.C3H9O4P/c1-5-9(6-2,7-3)8-4;1-2-3-7-8(4,5)6/h5-8H2,1-4H3;2-3H2,1H3,(H2,4,5,6)/q+1;. The lowest BCUT2D eigenvalue weighted by atomic mass is 10.5. The maximum atomic E-state index is 9.86. The van der Waals surface area contributed by atoms with Crippen LogP contribution in [0.15, 0.2) is 0 Å². The molecule has 6 heteroatoms. The Morgan fingerprint density at radius 1 is 0.941 bits per heavy atom. The summed E-state index contributed by atoms with van der Waals surface area (Å²) in [5.41, 5.74) is 0. The Labute approximate surface area is 107 Å². The molecular formula is C11H29O4P2+. The van der Waals surface area contributed by atoms with Crippen LogP contribution in [-0.4, -0.2) is 41.0 Å². The monoisotopic (exact) mass is 287 g/mol. The van der Waals surface area contributed by atoms with Crippen molar-refractivity contribution in [2.24, 2.45) is 0 Å². The highest BCUT2D eigenvalue weighted by Gasteiger charge is 2.27. The van der Waals surface area contributed by atoms with Crippen LogP contribution in [-0.2, 0) is 9.09 Å². The summed E-state index contributed by atoms with van der Waals surface area (Å²) in [5, 5.41) is 0. The second-order valence-electron chi connectivity index (χ2n) is 3.93. The van der Waals surface area contributed by atoms with Crippen molar-refractivity contribution < 1.29 is 18.9 Å². The Balaban J connectivity index is 0. The van der Waals surface area contributed by atoms with Crippen LogP contribution in [0, 0.1) is 0 Å². The van der Waals surface area contributed by atoms with E-state index in [0.29, 0.717) is 6.42 Å². The molecule has 2 N–H and O–H groups in total. The average molecular weight is 287 g/mol. The fourth-order valence-corrected chi connectivity index (χ4v) is 4.66. The van der Waals surface area contributed by atoms with E-state index in [0.717, 1.165) is 0 Å². The van der Waals surface area contributed by atoms with E-state index in [1.807, 2.05) is 0 Å². The minimum absolute atomic E-state index is 0.115. The molecule has 0 fully saturated rings. The average Bonchev–Trinajstić information content (AvgIpc) is 2.30. The second-order valence-corrected chi connectivity index (χ2v) is 10.4. The van der Waals surface area contributed by atoms with Crippen LogP contribution >= 0.6 is 15.1 Å². The molecule has 0 radical (unpaired) electrons. The smallest absolute Gasteiger partial charge is 0.303 e. The van der Waals surface area contributed by atoms with Gasteiger partial charge in [0.15, 0.2) is 0 Å². The van der Waals surface area contributed by atoms with Gasteiger partial charge < -0.3 is 9.79 Å². The molecule has 0 aliphatic heterocycles. The number of rotatable bonds is 7. The number of phosphoric acid groups is 1. The predicted molar refractivity (Wildman–Crippen MR) is 77.4 cm³/mol. The van der Waals surface area contributed by atoms with E-state index in [1.54, 1.807) is 6.92 Å². The van der Waals surface area contributed by atoms with Gasteiger partial charge in [-0.3, -0.25) is 4.52 Å². The minimum Gasteiger partial charge on any atom is -0.303 e. The Hall–Kier alpha value is 0.540. The number of hydrogen-bond donors (Lipinski definition) is 2. The molecule has 0 spiro atoms. The number of phosphoric ester groups is 1. The summed E-state index contributed by atoms with van der Waals surface area (Å²) in [6, 6.07) is 0. The van der Waals surface area contributed by atoms with Gasteiger partial charge >= 0.3 is 7.82 Å². The lowest BCUT2D eigenvalue weighted by molar-refractivity contribution is 0.197. The van der Waals surface area contributed by atoms with Gasteiger partial charge in [0.05, 0.1) is 31.3 Å². The van der Waals surface area contributed by atoms with Gasteiger partial charge in [-0.1, -0.05) is 6.92 Å². The highest BCUT2D eigenvalue weighted by atomic mass is 31.2. The van der Waals surface area contributed by atoms with E-state index >= 15 is 0 Å². The van der Waals surface area contributed by atoms with Crippen LogP contribution < -0.4 is 0 Å². The van der Waals surface area contributed by atoms with E-state index in [-0.39, 0.29) is 6.61 Å². The van der Waals surface area contributed by atoms with Crippen molar-refractivity contribution >= 4 is 15.1 Å². The molecule has 0 heterocycles. The van der Waals surface area contributed by atoms with Crippen molar-refractivity contribution in [1.29, 1.82) is 0 Å². The van der Waals surface area contributed by atoms with Gasteiger partial charge in [0, 0.05) is 7.26 Å². The number of hydrogen-bond acceptors (Lipinski definition) is 2. The lowest BCUT2D eigenvalue weighted by Crippen LogP contribution is -2.04. The third-order valence-corrected chi connectivity index (χ3v) is 9.03. The predicted octanol–water partition coefficient (Wildman–Crippen LogP) is 3.59. The highest BCUT2D eigenvalue weighted by molar-refractivity contribution is 7.75. The fraction of sp³-hybridized carbons (Fsp3) is 1.00. The molecule has 0 aromatic carbocycles. The summed E-state index contributed by atoms with van der Waals surface area (Å²) in [6.45, 7) is 11.3. The SMILES string of the molecule is CCCOP(=O)(O)O.CC[P+](CC)(CC)CC. The molecule has 4 nitrogen and oxygen atoms in total. The minimum atomic E-state index is -4.18. The molecule has 0 rings (SSSR count). The zero-order valence-corrected chi connectivity index (χ0v) is 13.6. The summed E-state index contributed by atoms with van der Waals surface area (Å²) in [4.78, 5) is 16.1. The maximum absolute atomic E-state index is 9.86. The molecule has 0 amide bonds. The van der Waals surface area contributed by atoms with E-state index in [9.17, 15) is 4.57 Å². The molecule has 0 atom stereocenters. The second kappa shape index (κ2) is 10.5. The Bertz CT molecular complexity index is 194. The molecule has 0 aromatic rings. The molecule has 0 bridgehead atoms. The lowest BCUT2D eigenvalue weighted by Gasteiger charge is -2.20. The van der Waals surface area contributed by atoms with Gasteiger partial charge in [-0.2, -0.15) is 0 Å². The summed E-state index contributed by atoms with van der Waals surface area (Å²) in [7, 11) is -4.60. The first kappa shape index (κ1) is 19.9. The normalized spacial score (nSPS) is 11.9. The van der Waals surface area contributed by atoms with Crippen molar-refractivity contribution in [3.05, 3.63) is 0 Å². The summed E-state index contributed by atoms with van der Waals surface area (Å²) >= 11 is 0. The maximum Gasteiger partial charge on any atom is 0.469 e. The fourth-order valence-electron chi connectivity index (χ4n) is 1.55. The van der Waals surface area contributed by atoms with Gasteiger partial charge in [-0.15, -0.1) is 0 Å². The van der Waals surface area contributed by atoms with Crippen molar-refractivity contribution in [3.8, 4) is 0 Å². The first-order valence-corrected chi connectivity index (χ1v) is 10.4. The summed E-state index contributed by atoms with van der Waals surface area (Å²) in [5.74, 6) is 0. The summed E-state index contributed by atoms with van der Waals surface area (Å²) < 4.78 is 13.9. The molecule has 17 heavy (non-hydrogen) atoms. The van der Waals surface area contributed by atoms with Crippen LogP contribution in [0.1, 0.15) is 41.0 Å². The Morgan fingerprint density at radius 3 is 1.35 bits per heavy atom. The molecule has 0 unspecified atom stereocenters. The molecule has 0 saturated carbocycles.